The number of rotatable bonds is 4. The van der Waals surface area contributed by atoms with Gasteiger partial charge in [-0.2, -0.15) is 5.26 Å². The second kappa shape index (κ2) is 6.28. The summed E-state index contributed by atoms with van der Waals surface area (Å²) in [5.74, 6) is 1.51. The number of allylic oxidation sites excluding steroid dienone is 1. The van der Waals surface area contributed by atoms with E-state index in [1.807, 2.05) is 38.5 Å². The quantitative estimate of drug-likeness (QED) is 0.737. The molecule has 5 rings (SSSR count). The molecule has 138 valence electrons. The third-order valence-electron chi connectivity index (χ3n) is 5.48. The van der Waals surface area contributed by atoms with Crippen molar-refractivity contribution in [2.75, 3.05) is 24.3 Å². The number of benzene rings is 2. The van der Waals surface area contributed by atoms with Crippen molar-refractivity contribution < 1.29 is 0 Å². The van der Waals surface area contributed by atoms with E-state index >= 15 is 0 Å². The van der Waals surface area contributed by atoms with Gasteiger partial charge < -0.3 is 14.8 Å². The molecule has 2 atom stereocenters. The third-order valence-corrected chi connectivity index (χ3v) is 5.48. The van der Waals surface area contributed by atoms with E-state index in [-0.39, 0.29) is 0 Å². The maximum absolute atomic E-state index is 9.23. The smallest absolute Gasteiger partial charge is 0.156 e. The lowest BCUT2D eigenvalue weighted by molar-refractivity contribution is 0.690. The molecule has 0 bridgehead atoms. The van der Waals surface area contributed by atoms with E-state index in [9.17, 15) is 5.26 Å². The van der Waals surface area contributed by atoms with Crippen LogP contribution in [0.2, 0.25) is 0 Å². The van der Waals surface area contributed by atoms with Gasteiger partial charge in [-0.25, -0.2) is 4.98 Å². The van der Waals surface area contributed by atoms with Gasteiger partial charge >= 0.3 is 0 Å². The highest BCUT2D eigenvalue weighted by Gasteiger charge is 2.43. The highest BCUT2D eigenvalue weighted by Crippen LogP contribution is 2.52. The Hall–Kier alpha value is -3.52. The van der Waals surface area contributed by atoms with E-state index in [1.54, 1.807) is 0 Å². The highest BCUT2D eigenvalue weighted by atomic mass is 15.2. The van der Waals surface area contributed by atoms with E-state index in [0.29, 0.717) is 17.5 Å². The van der Waals surface area contributed by atoms with Crippen molar-refractivity contribution >= 4 is 17.1 Å². The zero-order chi connectivity index (χ0) is 19.3. The maximum atomic E-state index is 9.23. The molecule has 2 aliphatic rings. The van der Waals surface area contributed by atoms with Gasteiger partial charge in [0.25, 0.3) is 0 Å². The normalized spacial score (nSPS) is 19.1. The van der Waals surface area contributed by atoms with Crippen molar-refractivity contribution in [3.8, 4) is 17.3 Å². The van der Waals surface area contributed by atoms with E-state index in [0.717, 1.165) is 40.6 Å². The molecule has 5 nitrogen and oxygen atoms in total. The Morgan fingerprint density at radius 3 is 2.86 bits per heavy atom. The Morgan fingerprint density at radius 2 is 2.04 bits per heavy atom. The molecule has 1 aliphatic carbocycles. The standard InChI is InChI=1S/C23H21N5/c1-27(2)19-8-4-7-18(12-19)26-20-10-17-11-21(17)28-22(14-25-23(20)28)16-6-3-5-15(9-16)13-24/h3-10,12,14,17,21,26H,11H2,1-2H3. The lowest BCUT2D eigenvalue weighted by Crippen LogP contribution is -2.13. The first kappa shape index (κ1) is 16.6. The fraction of sp³-hybridized carbons (Fsp3) is 0.217. The number of hydrogen-bond donors (Lipinski definition) is 1. The molecule has 2 unspecified atom stereocenters. The highest BCUT2D eigenvalue weighted by molar-refractivity contribution is 5.79. The molecule has 1 fully saturated rings. The average molecular weight is 367 g/mol. The fourth-order valence-electron chi connectivity index (χ4n) is 3.94. The van der Waals surface area contributed by atoms with Crippen LogP contribution in [0.25, 0.3) is 17.0 Å². The van der Waals surface area contributed by atoms with Crippen molar-refractivity contribution in [3.05, 3.63) is 72.2 Å². The van der Waals surface area contributed by atoms with Gasteiger partial charge in [0.1, 0.15) is 0 Å². The summed E-state index contributed by atoms with van der Waals surface area (Å²) >= 11 is 0. The molecule has 0 radical (unpaired) electrons. The van der Waals surface area contributed by atoms with Gasteiger partial charge in [-0.3, -0.25) is 0 Å². The van der Waals surface area contributed by atoms with Gasteiger partial charge in [0, 0.05) is 43.0 Å². The summed E-state index contributed by atoms with van der Waals surface area (Å²) in [6.07, 6.45) is 5.38. The lowest BCUT2D eigenvalue weighted by Gasteiger charge is -2.20. The fourth-order valence-corrected chi connectivity index (χ4v) is 3.94. The van der Waals surface area contributed by atoms with E-state index in [1.165, 1.54) is 0 Å². The van der Waals surface area contributed by atoms with Gasteiger partial charge in [-0.05, 0) is 36.8 Å². The predicted molar refractivity (Wildman–Crippen MR) is 112 cm³/mol. The molecular formula is C23H21N5. The zero-order valence-electron chi connectivity index (χ0n) is 15.9. The Labute approximate surface area is 164 Å². The first-order chi connectivity index (χ1) is 13.6. The summed E-state index contributed by atoms with van der Waals surface area (Å²) in [6, 6.07) is 18.8. The summed E-state index contributed by atoms with van der Waals surface area (Å²) < 4.78 is 2.33. The van der Waals surface area contributed by atoms with Crippen molar-refractivity contribution in [2.45, 2.75) is 12.5 Å². The van der Waals surface area contributed by atoms with E-state index in [2.05, 4.69) is 57.3 Å². The van der Waals surface area contributed by atoms with Crippen LogP contribution in [0.4, 0.5) is 11.4 Å². The minimum atomic E-state index is 0.469. The number of nitrogens with one attached hydrogen (secondary N) is 1. The number of fused-ring (bicyclic) bond motifs is 3. The van der Waals surface area contributed by atoms with Crippen LogP contribution in [0.1, 0.15) is 23.9 Å². The number of anilines is 2. The Kier molecular flexibility index (Phi) is 3.73. The molecule has 1 N–H and O–H groups in total. The van der Waals surface area contributed by atoms with Gasteiger partial charge in [-0.15, -0.1) is 0 Å². The molecule has 2 aromatic carbocycles. The second-order valence-corrected chi connectivity index (χ2v) is 7.65. The van der Waals surface area contributed by atoms with Gasteiger partial charge in [0.15, 0.2) is 5.82 Å². The van der Waals surface area contributed by atoms with Crippen LogP contribution in [0.5, 0.6) is 0 Å². The topological polar surface area (TPSA) is 56.9 Å². The first-order valence-corrected chi connectivity index (χ1v) is 9.48. The van der Waals surface area contributed by atoms with Gasteiger partial charge in [0.2, 0.25) is 0 Å². The van der Waals surface area contributed by atoms with Crippen LogP contribution in [0.3, 0.4) is 0 Å². The zero-order valence-corrected chi connectivity index (χ0v) is 15.9. The third kappa shape index (κ3) is 2.74. The molecule has 3 aromatic rings. The molecule has 5 heteroatoms. The molecule has 2 heterocycles. The van der Waals surface area contributed by atoms with Crippen molar-refractivity contribution in [1.29, 1.82) is 5.26 Å². The van der Waals surface area contributed by atoms with Crippen LogP contribution in [-0.2, 0) is 0 Å². The van der Waals surface area contributed by atoms with Crippen LogP contribution in [-0.4, -0.2) is 23.6 Å². The SMILES string of the molecule is CN(C)c1cccc(NC2=CC3CC3n3c(-c4cccc(C#N)c4)cnc32)c1. The van der Waals surface area contributed by atoms with Gasteiger partial charge in [-0.1, -0.05) is 24.3 Å². The Bertz CT molecular complexity index is 1130. The maximum Gasteiger partial charge on any atom is 0.156 e. The summed E-state index contributed by atoms with van der Waals surface area (Å²) in [6.45, 7) is 0. The summed E-state index contributed by atoms with van der Waals surface area (Å²) in [5, 5.41) is 12.8. The van der Waals surface area contributed by atoms with Gasteiger partial charge in [0.05, 0.1) is 29.2 Å². The van der Waals surface area contributed by atoms with Crippen LogP contribution < -0.4 is 10.2 Å². The molecule has 0 saturated heterocycles. The predicted octanol–water partition coefficient (Wildman–Crippen LogP) is 4.52. The number of nitriles is 1. The average Bonchev–Trinajstić information content (AvgIpc) is 3.35. The number of nitrogens with zero attached hydrogens (tertiary/aromatic N) is 4. The Morgan fingerprint density at radius 1 is 1.18 bits per heavy atom. The van der Waals surface area contributed by atoms with Crippen LogP contribution in [0.15, 0.2) is 60.8 Å². The van der Waals surface area contributed by atoms with Crippen molar-refractivity contribution in [3.63, 3.8) is 0 Å². The Balaban J connectivity index is 1.52. The minimum absolute atomic E-state index is 0.469. The van der Waals surface area contributed by atoms with Crippen LogP contribution in [0, 0.1) is 17.2 Å². The molecule has 1 aromatic heterocycles. The second-order valence-electron chi connectivity index (χ2n) is 7.65. The number of imidazole rings is 1. The molecule has 28 heavy (non-hydrogen) atoms. The number of hydrogen-bond acceptors (Lipinski definition) is 4. The van der Waals surface area contributed by atoms with E-state index < -0.39 is 0 Å². The largest absolute Gasteiger partial charge is 0.378 e. The molecule has 0 amide bonds. The molecule has 1 saturated carbocycles. The van der Waals surface area contributed by atoms with Crippen molar-refractivity contribution in [1.82, 2.24) is 9.55 Å². The molecule has 0 spiro atoms. The lowest BCUT2D eigenvalue weighted by atomic mass is 10.1. The number of aromatic nitrogens is 2. The summed E-state index contributed by atoms with van der Waals surface area (Å²) in [5.41, 5.74) is 6.05. The summed E-state index contributed by atoms with van der Waals surface area (Å²) in [7, 11) is 4.09. The first-order valence-electron chi connectivity index (χ1n) is 9.48. The van der Waals surface area contributed by atoms with E-state index in [4.69, 9.17) is 4.98 Å². The minimum Gasteiger partial charge on any atom is -0.378 e. The summed E-state index contributed by atoms with van der Waals surface area (Å²) in [4.78, 5) is 6.84. The molecular weight excluding hydrogens is 346 g/mol. The molecule has 1 aliphatic heterocycles. The van der Waals surface area contributed by atoms with Crippen molar-refractivity contribution in [2.24, 2.45) is 5.92 Å². The van der Waals surface area contributed by atoms with Crippen LogP contribution >= 0.6 is 0 Å². The monoisotopic (exact) mass is 367 g/mol.